The third-order valence-electron chi connectivity index (χ3n) is 3.02. The molecule has 0 aliphatic carbocycles. The van der Waals surface area contributed by atoms with Gasteiger partial charge in [-0.05, 0) is 30.0 Å². The minimum absolute atomic E-state index is 0.0675. The van der Waals surface area contributed by atoms with E-state index in [1.54, 1.807) is 11.0 Å². The van der Waals surface area contributed by atoms with E-state index in [0.717, 1.165) is 5.56 Å². The van der Waals surface area contributed by atoms with Crippen molar-refractivity contribution < 1.29 is 4.79 Å². The molecule has 0 spiro atoms. The van der Waals surface area contributed by atoms with Gasteiger partial charge in [-0.1, -0.05) is 39.0 Å². The largest absolute Gasteiger partial charge is 0.335 e. The Morgan fingerprint density at radius 3 is 2.22 bits per heavy atom. The fourth-order valence-corrected chi connectivity index (χ4v) is 1.81. The molecule has 98 valence electrons. The van der Waals surface area contributed by atoms with Crippen LogP contribution in [0.1, 0.15) is 43.6 Å². The van der Waals surface area contributed by atoms with Gasteiger partial charge in [-0.2, -0.15) is 0 Å². The molecule has 1 rings (SSSR count). The summed E-state index contributed by atoms with van der Waals surface area (Å²) in [5.74, 6) is 0.0675. The van der Waals surface area contributed by atoms with Crippen LogP contribution in [-0.4, -0.2) is 23.9 Å². The first-order valence-corrected chi connectivity index (χ1v) is 6.41. The molecule has 0 radical (unpaired) electrons. The first-order chi connectivity index (χ1) is 8.40. The molecular formula is C16H23NO. The molecule has 2 nitrogen and oxygen atoms in total. The van der Waals surface area contributed by atoms with Crippen LogP contribution in [0, 0.1) is 0 Å². The highest BCUT2D eigenvalue weighted by atomic mass is 16.2. The Bertz CT molecular complexity index is 412. The summed E-state index contributed by atoms with van der Waals surface area (Å²) in [5, 5.41) is 0. The summed E-state index contributed by atoms with van der Waals surface area (Å²) in [4.78, 5) is 14.0. The molecule has 1 aromatic rings. The average Bonchev–Trinajstić information content (AvgIpc) is 2.34. The number of carbonyl (C=O) groups excluding carboxylic acids is 1. The Morgan fingerprint density at radius 1 is 1.28 bits per heavy atom. The monoisotopic (exact) mass is 245 g/mol. The Kier molecular flexibility index (Phi) is 4.71. The van der Waals surface area contributed by atoms with Crippen LogP contribution < -0.4 is 0 Å². The van der Waals surface area contributed by atoms with Crippen LogP contribution in [0.2, 0.25) is 0 Å². The van der Waals surface area contributed by atoms with E-state index < -0.39 is 0 Å². The van der Waals surface area contributed by atoms with Crippen molar-refractivity contribution in [3.8, 4) is 0 Å². The zero-order valence-corrected chi connectivity index (χ0v) is 11.9. The minimum atomic E-state index is 0.0675. The highest BCUT2D eigenvalue weighted by Gasteiger charge is 2.16. The number of amides is 1. The molecule has 0 bridgehead atoms. The summed E-state index contributed by atoms with van der Waals surface area (Å²) < 4.78 is 0. The van der Waals surface area contributed by atoms with Gasteiger partial charge in [0.1, 0.15) is 0 Å². The first-order valence-electron chi connectivity index (χ1n) is 6.41. The lowest BCUT2D eigenvalue weighted by atomic mass is 9.86. The van der Waals surface area contributed by atoms with Gasteiger partial charge in [0.05, 0.1) is 0 Å². The standard InChI is InChI=1S/C16H23NO/c1-6-12-17(7-2)15(18)13-8-10-14(11-9-13)16(3,4)5/h6,8-11H,1,7,12H2,2-5H3. The molecule has 2 heteroatoms. The van der Waals surface area contributed by atoms with Crippen molar-refractivity contribution in [1.82, 2.24) is 4.90 Å². The SMILES string of the molecule is C=CCN(CC)C(=O)c1ccc(C(C)(C)C)cc1. The number of carbonyl (C=O) groups is 1. The summed E-state index contributed by atoms with van der Waals surface area (Å²) in [6.07, 6.45) is 1.75. The van der Waals surface area contributed by atoms with E-state index in [1.165, 1.54) is 5.56 Å². The Balaban J connectivity index is 2.91. The topological polar surface area (TPSA) is 20.3 Å². The summed E-state index contributed by atoms with van der Waals surface area (Å²) in [6.45, 7) is 13.4. The Hall–Kier alpha value is -1.57. The fourth-order valence-electron chi connectivity index (χ4n) is 1.81. The first kappa shape index (κ1) is 14.5. The second-order valence-corrected chi connectivity index (χ2v) is 5.46. The lowest BCUT2D eigenvalue weighted by Crippen LogP contribution is -2.30. The maximum absolute atomic E-state index is 12.2. The summed E-state index contributed by atoms with van der Waals surface area (Å²) in [6, 6.07) is 7.90. The molecule has 0 fully saturated rings. The van der Waals surface area contributed by atoms with Crippen molar-refractivity contribution in [1.29, 1.82) is 0 Å². The van der Waals surface area contributed by atoms with E-state index in [4.69, 9.17) is 0 Å². The van der Waals surface area contributed by atoms with Gasteiger partial charge in [0, 0.05) is 18.7 Å². The molecule has 1 aromatic carbocycles. The molecule has 0 aliphatic heterocycles. The Morgan fingerprint density at radius 2 is 1.83 bits per heavy atom. The number of rotatable bonds is 4. The molecule has 0 heterocycles. The van der Waals surface area contributed by atoms with Gasteiger partial charge in [0.15, 0.2) is 0 Å². The fraction of sp³-hybridized carbons (Fsp3) is 0.438. The molecule has 0 aromatic heterocycles. The Labute approximate surface area is 110 Å². The van der Waals surface area contributed by atoms with Gasteiger partial charge in [0.25, 0.3) is 5.91 Å². The molecule has 0 atom stereocenters. The number of hydrogen-bond acceptors (Lipinski definition) is 1. The number of nitrogens with zero attached hydrogens (tertiary/aromatic N) is 1. The van der Waals surface area contributed by atoms with Gasteiger partial charge < -0.3 is 4.90 Å². The van der Waals surface area contributed by atoms with Crippen molar-refractivity contribution in [2.45, 2.75) is 33.1 Å². The van der Waals surface area contributed by atoms with E-state index in [0.29, 0.717) is 13.1 Å². The van der Waals surface area contributed by atoms with Crippen molar-refractivity contribution in [2.75, 3.05) is 13.1 Å². The highest BCUT2D eigenvalue weighted by Crippen LogP contribution is 2.22. The number of benzene rings is 1. The predicted molar refractivity (Wildman–Crippen MR) is 76.9 cm³/mol. The molecule has 18 heavy (non-hydrogen) atoms. The molecular weight excluding hydrogens is 222 g/mol. The molecule has 0 aliphatic rings. The lowest BCUT2D eigenvalue weighted by Gasteiger charge is -2.21. The van der Waals surface area contributed by atoms with Crippen LogP contribution in [0.15, 0.2) is 36.9 Å². The molecule has 0 saturated carbocycles. The van der Waals surface area contributed by atoms with Crippen molar-refractivity contribution in [2.24, 2.45) is 0 Å². The smallest absolute Gasteiger partial charge is 0.254 e. The van der Waals surface area contributed by atoms with E-state index >= 15 is 0 Å². The molecule has 1 amide bonds. The summed E-state index contributed by atoms with van der Waals surface area (Å²) in [7, 11) is 0. The van der Waals surface area contributed by atoms with E-state index in [-0.39, 0.29) is 11.3 Å². The van der Waals surface area contributed by atoms with Crippen molar-refractivity contribution in [3.05, 3.63) is 48.0 Å². The quantitative estimate of drug-likeness (QED) is 0.742. The van der Waals surface area contributed by atoms with Crippen LogP contribution in [0.5, 0.6) is 0 Å². The van der Waals surface area contributed by atoms with Crippen LogP contribution in [0.25, 0.3) is 0 Å². The zero-order valence-electron chi connectivity index (χ0n) is 11.9. The van der Waals surface area contributed by atoms with Gasteiger partial charge in [-0.15, -0.1) is 6.58 Å². The van der Waals surface area contributed by atoms with Crippen molar-refractivity contribution in [3.63, 3.8) is 0 Å². The molecule has 0 saturated heterocycles. The molecule has 0 unspecified atom stereocenters. The summed E-state index contributed by atoms with van der Waals surface area (Å²) >= 11 is 0. The van der Waals surface area contributed by atoms with Crippen molar-refractivity contribution >= 4 is 5.91 Å². The normalized spacial score (nSPS) is 11.1. The number of hydrogen-bond donors (Lipinski definition) is 0. The maximum atomic E-state index is 12.2. The van der Waals surface area contributed by atoms with Crippen LogP contribution in [0.4, 0.5) is 0 Å². The van der Waals surface area contributed by atoms with Gasteiger partial charge in [0.2, 0.25) is 0 Å². The zero-order chi connectivity index (χ0) is 13.8. The summed E-state index contributed by atoms with van der Waals surface area (Å²) in [5.41, 5.74) is 2.10. The number of likely N-dealkylation sites (N-methyl/N-ethyl adjacent to an activating group) is 1. The lowest BCUT2D eigenvalue weighted by molar-refractivity contribution is 0.0782. The van der Waals surface area contributed by atoms with Gasteiger partial charge in [-0.25, -0.2) is 0 Å². The van der Waals surface area contributed by atoms with Crippen LogP contribution >= 0.6 is 0 Å². The predicted octanol–water partition coefficient (Wildman–Crippen LogP) is 3.63. The second kappa shape index (κ2) is 5.85. The van der Waals surface area contributed by atoms with E-state index in [1.807, 2.05) is 31.2 Å². The van der Waals surface area contributed by atoms with Crippen LogP contribution in [0.3, 0.4) is 0 Å². The van der Waals surface area contributed by atoms with Gasteiger partial charge in [-0.3, -0.25) is 4.79 Å². The second-order valence-electron chi connectivity index (χ2n) is 5.46. The average molecular weight is 245 g/mol. The third-order valence-corrected chi connectivity index (χ3v) is 3.02. The van der Waals surface area contributed by atoms with Gasteiger partial charge >= 0.3 is 0 Å². The third kappa shape index (κ3) is 3.46. The van der Waals surface area contributed by atoms with Crippen LogP contribution in [-0.2, 0) is 5.41 Å². The molecule has 0 N–H and O–H groups in total. The minimum Gasteiger partial charge on any atom is -0.335 e. The highest BCUT2D eigenvalue weighted by molar-refractivity contribution is 5.94. The van der Waals surface area contributed by atoms with E-state index in [9.17, 15) is 4.79 Å². The maximum Gasteiger partial charge on any atom is 0.254 e. The van der Waals surface area contributed by atoms with E-state index in [2.05, 4.69) is 27.4 Å².